The van der Waals surface area contributed by atoms with Crippen LogP contribution in [0.4, 0.5) is 24.5 Å². The molecule has 180 valence electrons. The van der Waals surface area contributed by atoms with E-state index in [1.165, 1.54) is 18.2 Å². The molecule has 0 saturated heterocycles. The fourth-order valence-corrected chi connectivity index (χ4v) is 3.90. The van der Waals surface area contributed by atoms with E-state index in [1.807, 2.05) is 38.1 Å². The molecule has 2 amide bonds. The van der Waals surface area contributed by atoms with Gasteiger partial charge in [-0.2, -0.15) is 13.2 Å². The molecule has 0 aliphatic carbocycles. The number of anilines is 2. The van der Waals surface area contributed by atoms with Crippen molar-refractivity contribution >= 4 is 34.5 Å². The number of amides is 2. The Labute approximate surface area is 199 Å². The summed E-state index contributed by atoms with van der Waals surface area (Å²) in [5, 5.41) is 13.7. The second-order valence-corrected chi connectivity index (χ2v) is 8.46. The predicted octanol–water partition coefficient (Wildman–Crippen LogP) is 4.83. The van der Waals surface area contributed by atoms with Gasteiger partial charge in [0.1, 0.15) is 5.01 Å². The van der Waals surface area contributed by atoms with Crippen LogP contribution in [0.2, 0.25) is 0 Å². The lowest BCUT2D eigenvalue weighted by Gasteiger charge is -2.19. The van der Waals surface area contributed by atoms with Crippen LogP contribution in [0, 0.1) is 0 Å². The molecule has 7 nitrogen and oxygen atoms in total. The van der Waals surface area contributed by atoms with Gasteiger partial charge in [0.05, 0.1) is 24.3 Å². The second-order valence-electron chi connectivity index (χ2n) is 7.40. The van der Waals surface area contributed by atoms with Gasteiger partial charge < -0.3 is 10.6 Å². The van der Waals surface area contributed by atoms with Crippen molar-refractivity contribution in [1.82, 2.24) is 15.1 Å². The van der Waals surface area contributed by atoms with Crippen molar-refractivity contribution in [3.05, 3.63) is 69.7 Å². The van der Waals surface area contributed by atoms with Gasteiger partial charge in [-0.3, -0.25) is 14.5 Å². The van der Waals surface area contributed by atoms with Crippen molar-refractivity contribution in [2.75, 3.05) is 23.7 Å². The molecule has 0 unspecified atom stereocenters. The van der Waals surface area contributed by atoms with Crippen LogP contribution in [0.1, 0.15) is 39.8 Å². The van der Waals surface area contributed by atoms with Crippen molar-refractivity contribution in [3.63, 3.8) is 0 Å². The topological polar surface area (TPSA) is 87.2 Å². The number of aromatic nitrogens is 2. The molecular weight excluding hydrogens is 467 g/mol. The third-order valence-corrected chi connectivity index (χ3v) is 5.87. The minimum atomic E-state index is -4.57. The van der Waals surface area contributed by atoms with Crippen LogP contribution in [0.25, 0.3) is 0 Å². The number of nitrogens with one attached hydrogen (secondary N) is 2. The number of halogens is 3. The maximum absolute atomic E-state index is 13.1. The van der Waals surface area contributed by atoms with Gasteiger partial charge in [0.2, 0.25) is 10.9 Å². The predicted molar refractivity (Wildman–Crippen MR) is 125 cm³/mol. The fraction of sp³-hybridized carbons (Fsp3) is 0.304. The average molecular weight is 492 g/mol. The minimum Gasteiger partial charge on any atom is -0.324 e. The highest BCUT2D eigenvalue weighted by molar-refractivity contribution is 7.13. The number of rotatable bonds is 9. The summed E-state index contributed by atoms with van der Waals surface area (Å²) in [5.41, 5.74) is 0.597. The molecule has 0 aliphatic rings. The number of carbonyl (C=O) groups is 2. The molecule has 2 N–H and O–H groups in total. The van der Waals surface area contributed by atoms with Crippen molar-refractivity contribution < 1.29 is 22.8 Å². The molecule has 2 aromatic carbocycles. The van der Waals surface area contributed by atoms with Crippen LogP contribution in [-0.4, -0.2) is 40.0 Å². The molecule has 0 spiro atoms. The Hall–Kier alpha value is -3.31. The summed E-state index contributed by atoms with van der Waals surface area (Å²) in [6, 6.07) is 12.3. The first-order valence-corrected chi connectivity index (χ1v) is 11.4. The number of alkyl halides is 3. The van der Waals surface area contributed by atoms with Gasteiger partial charge in [0.15, 0.2) is 0 Å². The standard InChI is InChI=1S/C23H24F3N5O2S/c1-3-15-9-11-16(12-10-15)27-21(33)22-30-29-20(34-22)14-31(4-2)13-19(32)28-18-8-6-5-7-17(18)23(24,25)26/h5-12H,3-4,13-14H2,1-2H3,(H,27,33)(H,28,32). The third-order valence-electron chi connectivity index (χ3n) is 4.96. The summed E-state index contributed by atoms with van der Waals surface area (Å²) in [4.78, 5) is 26.5. The number of para-hydroxylation sites is 1. The molecule has 11 heteroatoms. The number of carbonyl (C=O) groups excluding carboxylic acids is 2. The van der Waals surface area contributed by atoms with E-state index < -0.39 is 23.6 Å². The number of benzene rings is 2. The molecule has 0 bridgehead atoms. The van der Waals surface area contributed by atoms with E-state index >= 15 is 0 Å². The van der Waals surface area contributed by atoms with Crippen LogP contribution >= 0.6 is 11.3 Å². The van der Waals surface area contributed by atoms with E-state index in [9.17, 15) is 22.8 Å². The van der Waals surface area contributed by atoms with Crippen LogP contribution < -0.4 is 10.6 Å². The number of nitrogens with zero attached hydrogens (tertiary/aromatic N) is 3. The fourth-order valence-electron chi connectivity index (χ4n) is 3.12. The Morgan fingerprint density at radius 2 is 1.71 bits per heavy atom. The van der Waals surface area contributed by atoms with Gasteiger partial charge >= 0.3 is 6.18 Å². The van der Waals surface area contributed by atoms with Gasteiger partial charge in [-0.15, -0.1) is 10.2 Å². The Morgan fingerprint density at radius 3 is 2.35 bits per heavy atom. The zero-order chi connectivity index (χ0) is 24.7. The molecule has 0 saturated carbocycles. The Bertz CT molecular complexity index is 1130. The maximum Gasteiger partial charge on any atom is 0.418 e. The van der Waals surface area contributed by atoms with E-state index in [-0.39, 0.29) is 23.8 Å². The van der Waals surface area contributed by atoms with E-state index in [4.69, 9.17) is 0 Å². The van der Waals surface area contributed by atoms with Crippen molar-refractivity contribution in [1.29, 1.82) is 0 Å². The highest BCUT2D eigenvalue weighted by Crippen LogP contribution is 2.34. The zero-order valence-corrected chi connectivity index (χ0v) is 19.5. The Balaban J connectivity index is 1.58. The molecule has 1 aromatic heterocycles. The SMILES string of the molecule is CCc1ccc(NC(=O)c2nnc(CN(CC)CC(=O)Nc3ccccc3C(F)(F)F)s2)cc1. The second kappa shape index (κ2) is 11.2. The average Bonchev–Trinajstić information content (AvgIpc) is 3.27. The molecule has 34 heavy (non-hydrogen) atoms. The quantitative estimate of drug-likeness (QED) is 0.448. The van der Waals surface area contributed by atoms with Crippen LogP contribution in [0.3, 0.4) is 0 Å². The molecule has 3 rings (SSSR count). The lowest BCUT2D eigenvalue weighted by Crippen LogP contribution is -2.33. The van der Waals surface area contributed by atoms with Crippen LogP contribution in [-0.2, 0) is 23.9 Å². The van der Waals surface area contributed by atoms with Gasteiger partial charge in [0, 0.05) is 5.69 Å². The Morgan fingerprint density at radius 1 is 1.00 bits per heavy atom. The van der Waals surface area contributed by atoms with E-state index in [0.29, 0.717) is 17.2 Å². The van der Waals surface area contributed by atoms with Gasteiger partial charge in [0.25, 0.3) is 5.91 Å². The van der Waals surface area contributed by atoms with Gasteiger partial charge in [-0.05, 0) is 42.8 Å². The largest absolute Gasteiger partial charge is 0.418 e. The van der Waals surface area contributed by atoms with Gasteiger partial charge in [-0.1, -0.05) is 49.4 Å². The lowest BCUT2D eigenvalue weighted by molar-refractivity contribution is -0.137. The number of hydrogen-bond acceptors (Lipinski definition) is 6. The molecule has 1 heterocycles. The molecule has 0 fully saturated rings. The summed E-state index contributed by atoms with van der Waals surface area (Å²) in [6.45, 7) is 4.38. The number of likely N-dealkylation sites (N-methyl/N-ethyl adjacent to an activating group) is 1. The van der Waals surface area contributed by atoms with Crippen molar-refractivity contribution in [3.8, 4) is 0 Å². The maximum atomic E-state index is 13.1. The van der Waals surface area contributed by atoms with Crippen molar-refractivity contribution in [2.24, 2.45) is 0 Å². The summed E-state index contributed by atoms with van der Waals surface area (Å²) < 4.78 is 39.4. The lowest BCUT2D eigenvalue weighted by atomic mass is 10.1. The van der Waals surface area contributed by atoms with Crippen LogP contribution in [0.5, 0.6) is 0 Å². The summed E-state index contributed by atoms with van der Waals surface area (Å²) in [5.74, 6) is -0.978. The Kier molecular flexibility index (Phi) is 8.35. The highest BCUT2D eigenvalue weighted by Gasteiger charge is 2.33. The summed E-state index contributed by atoms with van der Waals surface area (Å²) in [6.07, 6.45) is -3.68. The monoisotopic (exact) mass is 491 g/mol. The first-order valence-electron chi connectivity index (χ1n) is 10.6. The zero-order valence-electron chi connectivity index (χ0n) is 18.6. The van der Waals surface area contributed by atoms with Gasteiger partial charge in [-0.25, -0.2) is 0 Å². The van der Waals surface area contributed by atoms with Crippen LogP contribution in [0.15, 0.2) is 48.5 Å². The smallest absolute Gasteiger partial charge is 0.324 e. The normalized spacial score (nSPS) is 11.5. The summed E-state index contributed by atoms with van der Waals surface area (Å²) >= 11 is 1.09. The molecular formula is C23H24F3N5O2S. The minimum absolute atomic E-state index is 0.145. The van der Waals surface area contributed by atoms with E-state index in [0.717, 1.165) is 29.4 Å². The molecule has 3 aromatic rings. The molecule has 0 aliphatic heterocycles. The highest BCUT2D eigenvalue weighted by atomic mass is 32.1. The first kappa shape index (κ1) is 25.3. The molecule has 0 atom stereocenters. The third kappa shape index (κ3) is 6.84. The van der Waals surface area contributed by atoms with E-state index in [2.05, 4.69) is 20.8 Å². The molecule has 0 radical (unpaired) electrons. The van der Waals surface area contributed by atoms with Crippen molar-refractivity contribution in [2.45, 2.75) is 33.0 Å². The first-order chi connectivity index (χ1) is 16.2. The summed E-state index contributed by atoms with van der Waals surface area (Å²) in [7, 11) is 0. The number of hydrogen-bond donors (Lipinski definition) is 2. The van der Waals surface area contributed by atoms with E-state index in [1.54, 1.807) is 4.90 Å². The number of aryl methyl sites for hydroxylation is 1.